The molecule has 1 aliphatic carbocycles. The maximum atomic E-state index is 13.3. The molecule has 0 bridgehead atoms. The van der Waals surface area contributed by atoms with Gasteiger partial charge in [0.05, 0.1) is 19.6 Å². The number of amides is 2. The number of rotatable bonds is 8. The van der Waals surface area contributed by atoms with Crippen molar-refractivity contribution in [3.63, 3.8) is 0 Å². The smallest absolute Gasteiger partial charge is 0.225 e. The number of ether oxygens (including phenoxy) is 2. The summed E-state index contributed by atoms with van der Waals surface area (Å²) in [4.78, 5) is 30.1. The number of carbonyl (C=O) groups is 2. The molecular formula is C28H35FN2O4. The van der Waals surface area contributed by atoms with Gasteiger partial charge in [-0.15, -0.1) is 0 Å². The highest BCUT2D eigenvalue weighted by molar-refractivity contribution is 5.80. The lowest BCUT2D eigenvalue weighted by molar-refractivity contribution is -0.168. The number of hydrogen-bond acceptors (Lipinski definition) is 4. The minimum absolute atomic E-state index is 0.0500. The van der Waals surface area contributed by atoms with Gasteiger partial charge in [0.15, 0.2) is 0 Å². The number of morpholine rings is 1. The Morgan fingerprint density at radius 1 is 1.09 bits per heavy atom. The number of benzene rings is 2. The van der Waals surface area contributed by atoms with Crippen molar-refractivity contribution in [3.05, 3.63) is 66.0 Å². The standard InChI is InChI=1S/C28H35FN2O4/c1-30(19-22-8-4-2-5-9-22)26(32)18-28(21-34-25-14-12-24(29)13-15-25)20-31(16-17-35-28)27(33)23-10-6-3-7-11-23/h2,4-5,8-9,12-15,23H,3,6-7,10-11,16-21H2,1H3/t28-/m1/s1. The predicted molar refractivity (Wildman–Crippen MR) is 131 cm³/mol. The average molecular weight is 483 g/mol. The van der Waals surface area contributed by atoms with Crippen LogP contribution in [0.4, 0.5) is 4.39 Å². The van der Waals surface area contributed by atoms with Gasteiger partial charge >= 0.3 is 0 Å². The Labute approximate surface area is 207 Å². The molecule has 6 nitrogen and oxygen atoms in total. The molecule has 7 heteroatoms. The van der Waals surface area contributed by atoms with Crippen LogP contribution in [0, 0.1) is 11.7 Å². The highest BCUT2D eigenvalue weighted by atomic mass is 19.1. The van der Waals surface area contributed by atoms with Gasteiger partial charge in [-0.2, -0.15) is 0 Å². The molecule has 2 amide bonds. The maximum Gasteiger partial charge on any atom is 0.225 e. The first-order chi connectivity index (χ1) is 16.9. The van der Waals surface area contributed by atoms with Gasteiger partial charge in [-0.3, -0.25) is 9.59 Å². The van der Waals surface area contributed by atoms with Gasteiger partial charge in [0.25, 0.3) is 0 Å². The molecule has 188 valence electrons. The van der Waals surface area contributed by atoms with E-state index >= 15 is 0 Å². The molecule has 1 aliphatic heterocycles. The third-order valence-electron chi connectivity index (χ3n) is 6.99. The van der Waals surface area contributed by atoms with E-state index in [0.29, 0.717) is 32.0 Å². The fraction of sp³-hybridized carbons (Fsp3) is 0.500. The van der Waals surface area contributed by atoms with Crippen molar-refractivity contribution >= 4 is 11.8 Å². The summed E-state index contributed by atoms with van der Waals surface area (Å²) in [5.74, 6) is 0.278. The lowest BCUT2D eigenvalue weighted by Gasteiger charge is -2.43. The first-order valence-electron chi connectivity index (χ1n) is 12.5. The second-order valence-corrected chi connectivity index (χ2v) is 9.78. The van der Waals surface area contributed by atoms with Gasteiger partial charge < -0.3 is 19.3 Å². The molecule has 0 radical (unpaired) electrons. The molecule has 1 atom stereocenters. The van der Waals surface area contributed by atoms with E-state index in [1.54, 1.807) is 24.1 Å². The first kappa shape index (κ1) is 25.2. The maximum absolute atomic E-state index is 13.3. The lowest BCUT2D eigenvalue weighted by Crippen LogP contribution is -2.59. The van der Waals surface area contributed by atoms with Crippen molar-refractivity contribution in [3.8, 4) is 5.75 Å². The van der Waals surface area contributed by atoms with Crippen molar-refractivity contribution < 1.29 is 23.5 Å². The summed E-state index contributed by atoms with van der Waals surface area (Å²) in [6.07, 6.45) is 5.29. The molecular weight excluding hydrogens is 447 g/mol. The second-order valence-electron chi connectivity index (χ2n) is 9.78. The van der Waals surface area contributed by atoms with Crippen LogP contribution in [0.15, 0.2) is 54.6 Å². The zero-order valence-electron chi connectivity index (χ0n) is 20.5. The summed E-state index contributed by atoms with van der Waals surface area (Å²) >= 11 is 0. The molecule has 4 rings (SSSR count). The third-order valence-corrected chi connectivity index (χ3v) is 6.99. The highest BCUT2D eigenvalue weighted by Gasteiger charge is 2.43. The molecule has 1 heterocycles. The van der Waals surface area contributed by atoms with Crippen LogP contribution >= 0.6 is 0 Å². The Kier molecular flexibility index (Phi) is 8.39. The predicted octanol–water partition coefficient (Wildman–Crippen LogP) is 4.43. The van der Waals surface area contributed by atoms with Crippen molar-refractivity contribution in [1.82, 2.24) is 9.80 Å². The summed E-state index contributed by atoms with van der Waals surface area (Å²) < 4.78 is 25.5. The quantitative estimate of drug-likeness (QED) is 0.559. The van der Waals surface area contributed by atoms with Gasteiger partial charge in [0.1, 0.15) is 23.8 Å². The van der Waals surface area contributed by atoms with Gasteiger partial charge in [-0.1, -0.05) is 49.6 Å². The first-order valence-corrected chi connectivity index (χ1v) is 12.5. The van der Waals surface area contributed by atoms with Crippen molar-refractivity contribution in [2.24, 2.45) is 5.92 Å². The van der Waals surface area contributed by atoms with E-state index in [-0.39, 0.29) is 36.6 Å². The molecule has 0 spiro atoms. The Hall–Kier alpha value is -2.93. The number of nitrogens with zero attached hydrogens (tertiary/aromatic N) is 2. The van der Waals surface area contributed by atoms with E-state index in [0.717, 1.165) is 31.2 Å². The molecule has 1 saturated carbocycles. The molecule has 2 aliphatic rings. The summed E-state index contributed by atoms with van der Waals surface area (Å²) in [7, 11) is 1.78. The highest BCUT2D eigenvalue weighted by Crippen LogP contribution is 2.30. The third kappa shape index (κ3) is 6.82. The van der Waals surface area contributed by atoms with Crippen LogP contribution in [0.2, 0.25) is 0 Å². The molecule has 0 N–H and O–H groups in total. The van der Waals surface area contributed by atoms with Crippen LogP contribution in [0.25, 0.3) is 0 Å². The number of halogens is 1. The van der Waals surface area contributed by atoms with Gasteiger partial charge in [0, 0.05) is 26.1 Å². The van der Waals surface area contributed by atoms with E-state index < -0.39 is 5.60 Å². The van der Waals surface area contributed by atoms with Crippen LogP contribution in [-0.4, -0.2) is 60.6 Å². The minimum Gasteiger partial charge on any atom is -0.490 e. The normalized spacial score (nSPS) is 20.9. The van der Waals surface area contributed by atoms with E-state index in [9.17, 15) is 14.0 Å². The van der Waals surface area contributed by atoms with Gasteiger partial charge in [0.2, 0.25) is 11.8 Å². The fourth-order valence-electron chi connectivity index (χ4n) is 4.99. The minimum atomic E-state index is -0.973. The molecule has 35 heavy (non-hydrogen) atoms. The Morgan fingerprint density at radius 3 is 2.51 bits per heavy atom. The molecule has 0 unspecified atom stereocenters. The van der Waals surface area contributed by atoms with E-state index in [1.807, 2.05) is 35.2 Å². The zero-order chi connectivity index (χ0) is 24.7. The van der Waals surface area contributed by atoms with E-state index in [1.165, 1.54) is 18.6 Å². The zero-order valence-corrected chi connectivity index (χ0v) is 20.5. The average Bonchev–Trinajstić information content (AvgIpc) is 2.89. The van der Waals surface area contributed by atoms with E-state index in [2.05, 4.69) is 0 Å². The topological polar surface area (TPSA) is 59.1 Å². The molecule has 1 saturated heterocycles. The van der Waals surface area contributed by atoms with Crippen LogP contribution in [-0.2, 0) is 20.9 Å². The van der Waals surface area contributed by atoms with Crippen molar-refractivity contribution in [2.45, 2.75) is 50.7 Å². The number of hydrogen-bond donors (Lipinski definition) is 0. The van der Waals surface area contributed by atoms with Crippen LogP contribution < -0.4 is 4.74 Å². The molecule has 2 aromatic carbocycles. The molecule has 0 aromatic heterocycles. The second kappa shape index (κ2) is 11.7. The van der Waals surface area contributed by atoms with Crippen molar-refractivity contribution in [2.75, 3.05) is 33.4 Å². The SMILES string of the molecule is CN(Cc1ccccc1)C(=O)C[C@]1(COc2ccc(F)cc2)CN(C(=O)C2CCCCC2)CCO1. The fourth-order valence-corrected chi connectivity index (χ4v) is 4.99. The molecule has 2 fully saturated rings. The van der Waals surface area contributed by atoms with E-state index in [4.69, 9.17) is 9.47 Å². The van der Waals surface area contributed by atoms with Crippen LogP contribution in [0.1, 0.15) is 44.1 Å². The molecule has 2 aromatic rings. The van der Waals surface area contributed by atoms with Crippen LogP contribution in [0.5, 0.6) is 5.75 Å². The summed E-state index contributed by atoms with van der Waals surface area (Å²) in [6.45, 7) is 1.74. The van der Waals surface area contributed by atoms with Gasteiger partial charge in [-0.25, -0.2) is 4.39 Å². The van der Waals surface area contributed by atoms with Crippen LogP contribution in [0.3, 0.4) is 0 Å². The van der Waals surface area contributed by atoms with Gasteiger partial charge in [-0.05, 0) is 42.7 Å². The summed E-state index contributed by atoms with van der Waals surface area (Å²) in [6, 6.07) is 15.6. The largest absolute Gasteiger partial charge is 0.490 e. The number of carbonyl (C=O) groups excluding carboxylic acids is 2. The Morgan fingerprint density at radius 2 is 1.80 bits per heavy atom. The Bertz CT molecular complexity index is 978. The summed E-state index contributed by atoms with van der Waals surface area (Å²) in [5, 5.41) is 0. The Balaban J connectivity index is 1.48. The lowest BCUT2D eigenvalue weighted by atomic mass is 9.87. The van der Waals surface area contributed by atoms with Crippen molar-refractivity contribution in [1.29, 1.82) is 0 Å². The summed E-state index contributed by atoms with van der Waals surface area (Å²) in [5.41, 5.74) is 0.0672. The monoisotopic (exact) mass is 482 g/mol.